The molecule has 0 spiro atoms. The lowest BCUT2D eigenvalue weighted by molar-refractivity contribution is 0.112. The van der Waals surface area contributed by atoms with Gasteiger partial charge in [0.25, 0.3) is 0 Å². The molecule has 1 aromatic carbocycles. The summed E-state index contributed by atoms with van der Waals surface area (Å²) in [5, 5.41) is 0. The highest BCUT2D eigenvalue weighted by Gasteiger charge is 2.11. The van der Waals surface area contributed by atoms with Gasteiger partial charge in [0.1, 0.15) is 6.29 Å². The molecule has 0 aliphatic carbocycles. The van der Waals surface area contributed by atoms with Crippen molar-refractivity contribution >= 4 is 6.29 Å². The molecule has 0 amide bonds. The quantitative estimate of drug-likeness (QED) is 0.570. The van der Waals surface area contributed by atoms with E-state index < -0.39 is 0 Å². The highest BCUT2D eigenvalue weighted by molar-refractivity contribution is 5.74. The monoisotopic (exact) mass is 300 g/mol. The van der Waals surface area contributed by atoms with Crippen LogP contribution in [-0.2, 0) is 6.54 Å². The minimum absolute atomic E-state index is 0.754. The van der Waals surface area contributed by atoms with Gasteiger partial charge in [0.15, 0.2) is 0 Å². The summed E-state index contributed by atoms with van der Waals surface area (Å²) in [6.45, 7) is 4.43. The van der Waals surface area contributed by atoms with E-state index in [9.17, 15) is 4.79 Å². The minimum atomic E-state index is 0.754. The molecular formula is C19H28N2O. The zero-order valence-electron chi connectivity index (χ0n) is 13.9. The fourth-order valence-corrected chi connectivity index (χ4v) is 2.93. The van der Waals surface area contributed by atoms with Crippen LogP contribution in [0.5, 0.6) is 0 Å². The Morgan fingerprint density at radius 1 is 1.18 bits per heavy atom. The Morgan fingerprint density at radius 2 is 1.95 bits per heavy atom. The molecule has 120 valence electrons. The number of hydrogen-bond donors (Lipinski definition) is 0. The first-order valence-corrected chi connectivity index (χ1v) is 8.26. The molecule has 0 N–H and O–H groups in total. The molecule has 0 unspecified atom stereocenters. The van der Waals surface area contributed by atoms with E-state index in [2.05, 4.69) is 42.1 Å². The average molecular weight is 300 g/mol. The van der Waals surface area contributed by atoms with Crippen molar-refractivity contribution in [1.29, 1.82) is 0 Å². The summed E-state index contributed by atoms with van der Waals surface area (Å²) >= 11 is 0. The van der Waals surface area contributed by atoms with Crippen LogP contribution in [0.1, 0.15) is 41.6 Å². The molecule has 1 aromatic rings. The van der Waals surface area contributed by atoms with E-state index in [1.54, 1.807) is 5.57 Å². The van der Waals surface area contributed by atoms with Crippen LogP contribution in [0.15, 0.2) is 35.9 Å². The molecule has 0 saturated heterocycles. The number of rotatable bonds is 7. The van der Waals surface area contributed by atoms with Crippen LogP contribution in [0.2, 0.25) is 0 Å². The normalized spacial score (nSPS) is 16.4. The van der Waals surface area contributed by atoms with Gasteiger partial charge >= 0.3 is 0 Å². The van der Waals surface area contributed by atoms with Gasteiger partial charge < -0.3 is 4.90 Å². The molecule has 3 nitrogen and oxygen atoms in total. The van der Waals surface area contributed by atoms with Crippen molar-refractivity contribution in [3.05, 3.63) is 47.0 Å². The highest BCUT2D eigenvalue weighted by atomic mass is 16.1. The summed E-state index contributed by atoms with van der Waals surface area (Å²) in [7, 11) is 4.28. The van der Waals surface area contributed by atoms with Crippen LogP contribution in [0.25, 0.3) is 0 Å². The molecule has 1 aliphatic rings. The molecule has 1 aliphatic heterocycles. The van der Waals surface area contributed by atoms with E-state index >= 15 is 0 Å². The number of carbonyl (C=O) groups is 1. The second kappa shape index (κ2) is 8.86. The third kappa shape index (κ3) is 5.74. The Kier molecular flexibility index (Phi) is 6.81. The number of carbonyl (C=O) groups excluding carboxylic acids is 1. The largest absolute Gasteiger partial charge is 0.309 e. The van der Waals surface area contributed by atoms with Crippen LogP contribution >= 0.6 is 0 Å². The standard InChI is InChI=1S/C19H28N2O/c1-20(2)12-3-5-17-6-4-13-21(14-11-17)15-18-7-9-19(16-22)10-8-18/h6-10,16H,3-5,11-15H2,1-2H3. The number of hydrogen-bond acceptors (Lipinski definition) is 3. The molecule has 22 heavy (non-hydrogen) atoms. The van der Waals surface area contributed by atoms with E-state index in [-0.39, 0.29) is 0 Å². The van der Waals surface area contributed by atoms with E-state index in [0.717, 1.165) is 37.9 Å². The Hall–Kier alpha value is -1.45. The van der Waals surface area contributed by atoms with Gasteiger partial charge in [0.05, 0.1) is 0 Å². The zero-order valence-corrected chi connectivity index (χ0v) is 13.9. The van der Waals surface area contributed by atoms with Gasteiger partial charge in [-0.25, -0.2) is 0 Å². The van der Waals surface area contributed by atoms with Crippen molar-refractivity contribution < 1.29 is 4.79 Å². The van der Waals surface area contributed by atoms with Gasteiger partial charge in [0, 0.05) is 25.2 Å². The fourth-order valence-electron chi connectivity index (χ4n) is 2.93. The van der Waals surface area contributed by atoms with Crippen molar-refractivity contribution in [2.24, 2.45) is 0 Å². The molecule has 0 radical (unpaired) electrons. The molecule has 0 bridgehead atoms. The molecular weight excluding hydrogens is 272 g/mol. The topological polar surface area (TPSA) is 23.6 Å². The molecule has 0 fully saturated rings. The van der Waals surface area contributed by atoms with Crippen LogP contribution in [0.3, 0.4) is 0 Å². The third-order valence-electron chi connectivity index (χ3n) is 4.25. The van der Waals surface area contributed by atoms with E-state index in [1.165, 1.54) is 31.4 Å². The minimum Gasteiger partial charge on any atom is -0.309 e. The maximum Gasteiger partial charge on any atom is 0.150 e. The van der Waals surface area contributed by atoms with Crippen LogP contribution in [-0.4, -0.2) is 49.8 Å². The van der Waals surface area contributed by atoms with Crippen molar-refractivity contribution in [3.63, 3.8) is 0 Å². The van der Waals surface area contributed by atoms with Gasteiger partial charge in [-0.15, -0.1) is 0 Å². The Bertz CT molecular complexity index is 491. The molecule has 3 heteroatoms. The summed E-state index contributed by atoms with van der Waals surface area (Å²) in [5.41, 5.74) is 3.67. The smallest absolute Gasteiger partial charge is 0.150 e. The summed E-state index contributed by atoms with van der Waals surface area (Å²) < 4.78 is 0. The molecule has 0 atom stereocenters. The number of aldehydes is 1. The van der Waals surface area contributed by atoms with Gasteiger partial charge in [0.2, 0.25) is 0 Å². The summed E-state index contributed by atoms with van der Waals surface area (Å²) in [5.74, 6) is 0. The van der Waals surface area contributed by atoms with E-state index in [0.29, 0.717) is 0 Å². The first-order valence-electron chi connectivity index (χ1n) is 8.26. The highest BCUT2D eigenvalue weighted by Crippen LogP contribution is 2.18. The van der Waals surface area contributed by atoms with Gasteiger partial charge in [-0.05, 0) is 51.9 Å². The first kappa shape index (κ1) is 16.9. The first-order chi connectivity index (χ1) is 10.7. The van der Waals surface area contributed by atoms with Crippen LogP contribution in [0, 0.1) is 0 Å². The lowest BCUT2D eigenvalue weighted by Gasteiger charge is -2.20. The SMILES string of the molecule is CN(C)CCCC1=CCCN(Cc2ccc(C=O)cc2)CC1. The lowest BCUT2D eigenvalue weighted by atomic mass is 10.1. The number of nitrogens with zero attached hydrogens (tertiary/aromatic N) is 2. The van der Waals surface area contributed by atoms with Crippen molar-refractivity contribution in [3.8, 4) is 0 Å². The summed E-state index contributed by atoms with van der Waals surface area (Å²) in [6.07, 6.45) is 8.19. The second-order valence-electron chi connectivity index (χ2n) is 6.44. The molecule has 0 saturated carbocycles. The Morgan fingerprint density at radius 3 is 2.64 bits per heavy atom. The predicted octanol–water partition coefficient (Wildman–Crippen LogP) is 3.36. The maximum absolute atomic E-state index is 10.7. The summed E-state index contributed by atoms with van der Waals surface area (Å²) in [4.78, 5) is 15.5. The zero-order chi connectivity index (χ0) is 15.8. The van der Waals surface area contributed by atoms with Crippen LogP contribution in [0.4, 0.5) is 0 Å². The number of benzene rings is 1. The fraction of sp³-hybridized carbons (Fsp3) is 0.526. The predicted molar refractivity (Wildman–Crippen MR) is 92.2 cm³/mol. The van der Waals surface area contributed by atoms with Gasteiger partial charge in [-0.3, -0.25) is 9.69 Å². The second-order valence-corrected chi connectivity index (χ2v) is 6.44. The van der Waals surface area contributed by atoms with Crippen molar-refractivity contribution in [2.75, 3.05) is 33.7 Å². The maximum atomic E-state index is 10.7. The van der Waals surface area contributed by atoms with Crippen LogP contribution < -0.4 is 0 Å². The molecule has 1 heterocycles. The third-order valence-corrected chi connectivity index (χ3v) is 4.25. The van der Waals surface area contributed by atoms with Crippen molar-refractivity contribution in [2.45, 2.75) is 32.2 Å². The van der Waals surface area contributed by atoms with Crippen molar-refractivity contribution in [1.82, 2.24) is 9.80 Å². The summed E-state index contributed by atoms with van der Waals surface area (Å²) in [6, 6.07) is 7.95. The van der Waals surface area contributed by atoms with Gasteiger partial charge in [-0.1, -0.05) is 35.9 Å². The Labute approximate surface area is 134 Å². The molecule has 0 aromatic heterocycles. The average Bonchev–Trinajstić information content (AvgIpc) is 2.73. The van der Waals surface area contributed by atoms with Gasteiger partial charge in [-0.2, -0.15) is 0 Å². The van der Waals surface area contributed by atoms with E-state index in [4.69, 9.17) is 0 Å². The van der Waals surface area contributed by atoms with E-state index in [1.807, 2.05) is 12.1 Å². The Balaban J connectivity index is 1.77. The molecule has 2 rings (SSSR count). The lowest BCUT2D eigenvalue weighted by Crippen LogP contribution is -2.24.